The van der Waals surface area contributed by atoms with Crippen LogP contribution < -0.4 is 10.2 Å². The van der Waals surface area contributed by atoms with Crippen LogP contribution in [0.2, 0.25) is 0 Å². The predicted molar refractivity (Wildman–Crippen MR) is 116 cm³/mol. The third-order valence-electron chi connectivity index (χ3n) is 4.62. The molecule has 28 heavy (non-hydrogen) atoms. The normalized spacial score (nSPS) is 10.8. The van der Waals surface area contributed by atoms with E-state index in [0.717, 1.165) is 37.9 Å². The van der Waals surface area contributed by atoms with Crippen molar-refractivity contribution in [3.8, 4) is 10.6 Å². The number of hydrogen-bond donors (Lipinski definition) is 1. The lowest BCUT2D eigenvalue weighted by Crippen LogP contribution is -2.14. The summed E-state index contributed by atoms with van der Waals surface area (Å²) in [7, 11) is 3.95. The molecule has 0 aliphatic carbocycles. The molecule has 0 saturated heterocycles. The number of amides is 1. The van der Waals surface area contributed by atoms with Gasteiger partial charge in [-0.05, 0) is 55.0 Å². The maximum atomic E-state index is 12.7. The van der Waals surface area contributed by atoms with Crippen molar-refractivity contribution in [3.63, 3.8) is 0 Å². The van der Waals surface area contributed by atoms with Gasteiger partial charge in [0.05, 0.1) is 0 Å². The summed E-state index contributed by atoms with van der Waals surface area (Å²) in [6, 6.07) is 17.3. The second kappa shape index (κ2) is 7.40. The molecule has 4 aromatic rings. The van der Waals surface area contributed by atoms with Gasteiger partial charge >= 0.3 is 0 Å². The van der Waals surface area contributed by atoms with Crippen molar-refractivity contribution >= 4 is 39.0 Å². The SMILES string of the molecule is Cc1c(NC(=O)c2ccc(N(C)C)cc2)cccc1-c1nc2cccnc2s1. The van der Waals surface area contributed by atoms with Gasteiger partial charge in [0, 0.05) is 42.8 Å². The Morgan fingerprint density at radius 1 is 1.04 bits per heavy atom. The van der Waals surface area contributed by atoms with Gasteiger partial charge in [0.1, 0.15) is 15.4 Å². The van der Waals surface area contributed by atoms with Crippen LogP contribution >= 0.6 is 11.3 Å². The molecule has 0 bridgehead atoms. The third-order valence-corrected chi connectivity index (χ3v) is 5.64. The Bertz CT molecular complexity index is 1120. The molecule has 1 amide bonds. The average molecular weight is 388 g/mol. The number of hydrogen-bond acceptors (Lipinski definition) is 5. The lowest BCUT2D eigenvalue weighted by Gasteiger charge is -2.14. The first-order chi connectivity index (χ1) is 13.5. The molecule has 0 aliphatic rings. The molecule has 2 heterocycles. The summed E-state index contributed by atoms with van der Waals surface area (Å²) in [5, 5.41) is 3.93. The Morgan fingerprint density at radius 3 is 2.54 bits per heavy atom. The number of nitrogens with zero attached hydrogens (tertiary/aromatic N) is 3. The van der Waals surface area contributed by atoms with E-state index in [-0.39, 0.29) is 5.91 Å². The molecule has 1 N–H and O–H groups in total. The van der Waals surface area contributed by atoms with Crippen molar-refractivity contribution in [1.29, 1.82) is 0 Å². The fraction of sp³-hybridized carbons (Fsp3) is 0.136. The Balaban J connectivity index is 1.62. The van der Waals surface area contributed by atoms with Gasteiger partial charge in [-0.2, -0.15) is 0 Å². The highest BCUT2D eigenvalue weighted by Crippen LogP contribution is 2.33. The number of aromatic nitrogens is 2. The van der Waals surface area contributed by atoms with Crippen molar-refractivity contribution in [2.75, 3.05) is 24.3 Å². The minimum Gasteiger partial charge on any atom is -0.378 e. The van der Waals surface area contributed by atoms with Gasteiger partial charge in [0.25, 0.3) is 5.91 Å². The zero-order valence-electron chi connectivity index (χ0n) is 15.9. The van der Waals surface area contributed by atoms with Gasteiger partial charge in [-0.15, -0.1) is 0 Å². The second-order valence-corrected chi connectivity index (χ2v) is 7.70. The molecule has 0 spiro atoms. The van der Waals surface area contributed by atoms with Crippen molar-refractivity contribution < 1.29 is 4.79 Å². The summed E-state index contributed by atoms with van der Waals surface area (Å²) in [5.74, 6) is -0.128. The maximum Gasteiger partial charge on any atom is 0.255 e. The number of anilines is 2. The molecule has 6 heteroatoms. The molecule has 5 nitrogen and oxygen atoms in total. The number of thiazole rings is 1. The van der Waals surface area contributed by atoms with Crippen LogP contribution in [0, 0.1) is 6.92 Å². The van der Waals surface area contributed by atoms with Crippen LogP contribution in [0.25, 0.3) is 20.9 Å². The Hall–Kier alpha value is -3.25. The molecule has 0 fully saturated rings. The number of fused-ring (bicyclic) bond motifs is 1. The molecule has 0 unspecified atom stereocenters. The van der Waals surface area contributed by atoms with E-state index in [0.29, 0.717) is 5.56 Å². The van der Waals surface area contributed by atoms with Crippen molar-refractivity contribution in [3.05, 3.63) is 71.9 Å². The highest BCUT2D eigenvalue weighted by atomic mass is 32.1. The van der Waals surface area contributed by atoms with Crippen molar-refractivity contribution in [2.45, 2.75) is 6.92 Å². The van der Waals surface area contributed by atoms with E-state index >= 15 is 0 Å². The van der Waals surface area contributed by atoms with Gasteiger partial charge in [-0.3, -0.25) is 4.79 Å². The molecule has 140 valence electrons. The minimum atomic E-state index is -0.128. The first-order valence-corrected chi connectivity index (χ1v) is 9.75. The van der Waals surface area contributed by atoms with Crippen LogP contribution in [0.4, 0.5) is 11.4 Å². The van der Waals surface area contributed by atoms with Crippen LogP contribution in [0.5, 0.6) is 0 Å². The topological polar surface area (TPSA) is 58.1 Å². The number of benzene rings is 2. The van der Waals surface area contributed by atoms with Crippen molar-refractivity contribution in [2.24, 2.45) is 0 Å². The highest BCUT2D eigenvalue weighted by Gasteiger charge is 2.14. The summed E-state index contributed by atoms with van der Waals surface area (Å²) in [5.41, 5.74) is 5.34. The maximum absolute atomic E-state index is 12.7. The van der Waals surface area contributed by atoms with E-state index in [9.17, 15) is 4.79 Å². The summed E-state index contributed by atoms with van der Waals surface area (Å²) >= 11 is 1.55. The van der Waals surface area contributed by atoms with Crippen LogP contribution in [0.15, 0.2) is 60.8 Å². The largest absolute Gasteiger partial charge is 0.378 e. The molecule has 2 aromatic heterocycles. The summed E-state index contributed by atoms with van der Waals surface area (Å²) in [6.45, 7) is 2.00. The average Bonchev–Trinajstić information content (AvgIpc) is 3.13. The zero-order valence-corrected chi connectivity index (χ0v) is 16.7. The van der Waals surface area contributed by atoms with Crippen LogP contribution in [-0.4, -0.2) is 30.0 Å². The van der Waals surface area contributed by atoms with Gasteiger partial charge in [-0.25, -0.2) is 9.97 Å². The number of rotatable bonds is 4. The first kappa shape index (κ1) is 18.1. The molecule has 0 aliphatic heterocycles. The molecule has 0 radical (unpaired) electrons. The van der Waals surface area contributed by atoms with Gasteiger partial charge in [0.15, 0.2) is 0 Å². The van der Waals surface area contributed by atoms with E-state index in [1.807, 2.05) is 80.5 Å². The first-order valence-electron chi connectivity index (χ1n) is 8.93. The van der Waals surface area contributed by atoms with Gasteiger partial charge < -0.3 is 10.2 Å². The fourth-order valence-electron chi connectivity index (χ4n) is 2.99. The lowest BCUT2D eigenvalue weighted by molar-refractivity contribution is 0.102. The van der Waals surface area contributed by atoms with E-state index in [2.05, 4.69) is 15.3 Å². The van der Waals surface area contributed by atoms with Crippen LogP contribution in [-0.2, 0) is 0 Å². The Morgan fingerprint density at radius 2 is 1.82 bits per heavy atom. The quantitative estimate of drug-likeness (QED) is 0.535. The van der Waals surface area contributed by atoms with E-state index in [4.69, 9.17) is 0 Å². The Kier molecular flexibility index (Phi) is 4.79. The van der Waals surface area contributed by atoms with E-state index in [1.165, 1.54) is 0 Å². The van der Waals surface area contributed by atoms with E-state index < -0.39 is 0 Å². The smallest absolute Gasteiger partial charge is 0.255 e. The lowest BCUT2D eigenvalue weighted by atomic mass is 10.1. The van der Waals surface area contributed by atoms with E-state index in [1.54, 1.807) is 17.5 Å². The summed E-state index contributed by atoms with van der Waals surface area (Å²) in [6.07, 6.45) is 1.77. The third kappa shape index (κ3) is 3.46. The Labute approximate surface area is 167 Å². The number of pyridine rings is 1. The number of nitrogens with one attached hydrogen (secondary N) is 1. The fourth-order valence-corrected chi connectivity index (χ4v) is 3.98. The zero-order chi connectivity index (χ0) is 19.7. The number of carbonyl (C=O) groups excluding carboxylic acids is 1. The standard InChI is InChI=1S/C22H20N4OS/c1-14-17(21-25-19-8-5-13-23-22(19)28-21)6-4-7-18(14)24-20(27)15-9-11-16(12-10-15)26(2)3/h4-13H,1-3H3,(H,24,27). The summed E-state index contributed by atoms with van der Waals surface area (Å²) < 4.78 is 0. The second-order valence-electron chi connectivity index (χ2n) is 6.72. The predicted octanol–water partition coefficient (Wildman–Crippen LogP) is 4.99. The molecular formula is C22H20N4OS. The van der Waals surface area contributed by atoms with Gasteiger partial charge in [0.2, 0.25) is 0 Å². The molecule has 4 rings (SSSR count). The monoisotopic (exact) mass is 388 g/mol. The summed E-state index contributed by atoms with van der Waals surface area (Å²) in [4.78, 5) is 24.7. The van der Waals surface area contributed by atoms with Gasteiger partial charge in [-0.1, -0.05) is 23.5 Å². The number of carbonyl (C=O) groups is 1. The molecule has 2 aromatic carbocycles. The molecular weight excluding hydrogens is 368 g/mol. The van der Waals surface area contributed by atoms with Crippen LogP contribution in [0.1, 0.15) is 15.9 Å². The molecule has 0 atom stereocenters. The highest BCUT2D eigenvalue weighted by molar-refractivity contribution is 7.21. The molecule has 0 saturated carbocycles. The minimum absolute atomic E-state index is 0.128. The van der Waals surface area contributed by atoms with Crippen molar-refractivity contribution in [1.82, 2.24) is 9.97 Å². The van der Waals surface area contributed by atoms with Crippen LogP contribution in [0.3, 0.4) is 0 Å².